The van der Waals surface area contributed by atoms with Crippen molar-refractivity contribution < 1.29 is 19.6 Å². The second-order valence-electron chi connectivity index (χ2n) is 7.75. The van der Waals surface area contributed by atoms with E-state index in [2.05, 4.69) is 10.6 Å². The van der Waals surface area contributed by atoms with Gasteiger partial charge in [0.15, 0.2) is 0 Å². The number of nitro benzene ring substituents is 1. The van der Waals surface area contributed by atoms with Crippen molar-refractivity contribution in [2.24, 2.45) is 0 Å². The van der Waals surface area contributed by atoms with Gasteiger partial charge in [0, 0.05) is 42.1 Å². The van der Waals surface area contributed by atoms with Crippen molar-refractivity contribution in [1.82, 2.24) is 5.32 Å². The smallest absolute Gasteiger partial charge is 0.282 e. The summed E-state index contributed by atoms with van der Waals surface area (Å²) in [6.45, 7) is 2.61. The van der Waals surface area contributed by atoms with Crippen LogP contribution in [-0.2, 0) is 0 Å². The van der Waals surface area contributed by atoms with Gasteiger partial charge in [-0.05, 0) is 49.6 Å². The average molecular weight is 410 g/mol. The molecule has 4 rings (SSSR count). The number of hydrogen-bond acceptors (Lipinski definition) is 6. The van der Waals surface area contributed by atoms with Gasteiger partial charge in [0.05, 0.1) is 11.0 Å². The topological polar surface area (TPSA) is 125 Å². The number of aryl methyl sites for hydroxylation is 1. The lowest BCUT2D eigenvalue weighted by atomic mass is 10.1. The summed E-state index contributed by atoms with van der Waals surface area (Å²) in [5.74, 6) is -0.843. The maximum absolute atomic E-state index is 12.9. The van der Waals surface area contributed by atoms with Crippen molar-refractivity contribution in [2.45, 2.75) is 31.9 Å². The first kappa shape index (κ1) is 19.8. The number of β-amino-alcohol motifs (C(OH)–C–C–N with tert-alkyl or cyclic N) is 1. The van der Waals surface area contributed by atoms with E-state index < -0.39 is 16.9 Å². The molecule has 1 saturated heterocycles. The molecule has 2 fully saturated rings. The summed E-state index contributed by atoms with van der Waals surface area (Å²) in [5, 5.41) is 26.5. The molecule has 2 aliphatic rings. The standard InChI is InChI=1S/C21H22N4O5/c1-12-2-3-13(20(27)22-14-4-5-14)8-18(12)23-21(28)17-9-15(24-10-16(26)11-24)6-7-19(17)25(29)30/h2-3,6-9,14,16,26H,4-5,10-11H2,1H3,(H,22,27)(H,23,28). The molecule has 156 valence electrons. The predicted octanol–water partition coefficient (Wildman–Crippen LogP) is 2.23. The summed E-state index contributed by atoms with van der Waals surface area (Å²) in [7, 11) is 0. The van der Waals surface area contributed by atoms with E-state index in [-0.39, 0.29) is 23.2 Å². The van der Waals surface area contributed by atoms with E-state index in [0.29, 0.717) is 30.0 Å². The fourth-order valence-corrected chi connectivity index (χ4v) is 3.31. The normalized spacial score (nSPS) is 16.0. The van der Waals surface area contributed by atoms with Gasteiger partial charge in [0.25, 0.3) is 17.5 Å². The number of nitro groups is 1. The van der Waals surface area contributed by atoms with Crippen molar-refractivity contribution in [2.75, 3.05) is 23.3 Å². The Bertz CT molecular complexity index is 1030. The number of amides is 2. The van der Waals surface area contributed by atoms with Crippen LogP contribution < -0.4 is 15.5 Å². The van der Waals surface area contributed by atoms with Crippen LogP contribution in [0.15, 0.2) is 36.4 Å². The van der Waals surface area contributed by atoms with Gasteiger partial charge in [-0.15, -0.1) is 0 Å². The number of nitrogens with one attached hydrogen (secondary N) is 2. The molecule has 9 heteroatoms. The highest BCUT2D eigenvalue weighted by atomic mass is 16.6. The molecule has 0 unspecified atom stereocenters. The van der Waals surface area contributed by atoms with Gasteiger partial charge in [-0.3, -0.25) is 19.7 Å². The summed E-state index contributed by atoms with van der Waals surface area (Å²) in [4.78, 5) is 37.9. The molecule has 3 N–H and O–H groups in total. The Kier molecular flexibility index (Phi) is 5.13. The molecule has 2 aromatic carbocycles. The molecule has 9 nitrogen and oxygen atoms in total. The van der Waals surface area contributed by atoms with Gasteiger partial charge in [-0.1, -0.05) is 6.07 Å². The third kappa shape index (κ3) is 4.11. The molecule has 0 spiro atoms. The van der Waals surface area contributed by atoms with Gasteiger partial charge >= 0.3 is 0 Å². The van der Waals surface area contributed by atoms with Gasteiger partial charge in [-0.2, -0.15) is 0 Å². The molecule has 1 saturated carbocycles. The van der Waals surface area contributed by atoms with Crippen LogP contribution in [0.2, 0.25) is 0 Å². The first-order valence-electron chi connectivity index (χ1n) is 9.76. The monoisotopic (exact) mass is 410 g/mol. The second-order valence-corrected chi connectivity index (χ2v) is 7.75. The Morgan fingerprint density at radius 1 is 1.13 bits per heavy atom. The largest absolute Gasteiger partial charge is 0.389 e. The van der Waals surface area contributed by atoms with Crippen LogP contribution in [0.3, 0.4) is 0 Å². The maximum Gasteiger partial charge on any atom is 0.282 e. The van der Waals surface area contributed by atoms with Crippen LogP contribution >= 0.6 is 0 Å². The Morgan fingerprint density at radius 2 is 1.87 bits per heavy atom. The number of aliphatic hydroxyl groups is 1. The number of anilines is 2. The van der Waals surface area contributed by atoms with E-state index in [4.69, 9.17) is 0 Å². The second kappa shape index (κ2) is 7.75. The fourth-order valence-electron chi connectivity index (χ4n) is 3.31. The number of carbonyl (C=O) groups excluding carboxylic acids is 2. The minimum atomic E-state index is -0.632. The highest BCUT2D eigenvalue weighted by Crippen LogP contribution is 2.29. The molecule has 0 atom stereocenters. The number of benzene rings is 2. The van der Waals surface area contributed by atoms with Crippen LogP contribution in [0.4, 0.5) is 17.1 Å². The summed E-state index contributed by atoms with van der Waals surface area (Å²) in [6.07, 6.45) is 1.49. The highest BCUT2D eigenvalue weighted by molar-refractivity contribution is 6.08. The third-order valence-corrected chi connectivity index (χ3v) is 5.31. The van der Waals surface area contributed by atoms with Crippen molar-refractivity contribution in [1.29, 1.82) is 0 Å². The molecule has 0 bridgehead atoms. The van der Waals surface area contributed by atoms with Crippen LogP contribution in [0.1, 0.15) is 39.1 Å². The predicted molar refractivity (Wildman–Crippen MR) is 111 cm³/mol. The zero-order chi connectivity index (χ0) is 21.4. The van der Waals surface area contributed by atoms with E-state index in [1.54, 1.807) is 31.2 Å². The zero-order valence-corrected chi connectivity index (χ0v) is 16.4. The fraction of sp³-hybridized carbons (Fsp3) is 0.333. The number of rotatable bonds is 6. The Labute approximate surface area is 172 Å². The molecular formula is C21H22N4O5. The van der Waals surface area contributed by atoms with Gasteiger partial charge < -0.3 is 20.6 Å². The van der Waals surface area contributed by atoms with Crippen LogP contribution in [0.25, 0.3) is 0 Å². The summed E-state index contributed by atoms with van der Waals surface area (Å²) in [5.41, 5.74) is 1.81. The van der Waals surface area contributed by atoms with Crippen LogP contribution in [-0.4, -0.2) is 47.1 Å². The van der Waals surface area contributed by atoms with Gasteiger partial charge in [0.2, 0.25) is 0 Å². The quantitative estimate of drug-likeness (QED) is 0.495. The lowest BCUT2D eigenvalue weighted by molar-refractivity contribution is -0.385. The Morgan fingerprint density at radius 3 is 2.50 bits per heavy atom. The lowest BCUT2D eigenvalue weighted by Crippen LogP contribution is -2.50. The van der Waals surface area contributed by atoms with Crippen molar-refractivity contribution >= 4 is 28.9 Å². The maximum atomic E-state index is 12.9. The summed E-state index contributed by atoms with van der Waals surface area (Å²) >= 11 is 0. The van der Waals surface area contributed by atoms with E-state index in [0.717, 1.165) is 18.4 Å². The number of nitrogens with zero attached hydrogens (tertiary/aromatic N) is 2. The number of hydrogen-bond donors (Lipinski definition) is 3. The minimum Gasteiger partial charge on any atom is -0.389 e. The molecule has 1 aliphatic heterocycles. The molecule has 0 aromatic heterocycles. The Balaban J connectivity index is 1.59. The average Bonchev–Trinajstić information content (AvgIpc) is 3.50. The molecule has 2 aromatic rings. The third-order valence-electron chi connectivity index (χ3n) is 5.31. The molecule has 0 radical (unpaired) electrons. The molecule has 2 amide bonds. The van der Waals surface area contributed by atoms with Crippen LogP contribution in [0.5, 0.6) is 0 Å². The highest BCUT2D eigenvalue weighted by Gasteiger charge is 2.28. The van der Waals surface area contributed by atoms with Gasteiger partial charge in [0.1, 0.15) is 5.56 Å². The summed E-state index contributed by atoms with van der Waals surface area (Å²) in [6, 6.07) is 9.51. The zero-order valence-electron chi connectivity index (χ0n) is 16.4. The summed E-state index contributed by atoms with van der Waals surface area (Å²) < 4.78 is 0. The molecular weight excluding hydrogens is 388 g/mol. The minimum absolute atomic E-state index is 0.0777. The Hall–Kier alpha value is -3.46. The van der Waals surface area contributed by atoms with Crippen molar-refractivity contribution in [3.05, 3.63) is 63.2 Å². The molecule has 1 heterocycles. The van der Waals surface area contributed by atoms with Gasteiger partial charge in [-0.25, -0.2) is 0 Å². The number of aliphatic hydroxyl groups excluding tert-OH is 1. The number of carbonyl (C=O) groups is 2. The van der Waals surface area contributed by atoms with E-state index in [1.165, 1.54) is 12.1 Å². The molecule has 1 aliphatic carbocycles. The van der Waals surface area contributed by atoms with Crippen molar-refractivity contribution in [3.63, 3.8) is 0 Å². The van der Waals surface area contributed by atoms with Crippen LogP contribution in [0, 0.1) is 17.0 Å². The first-order chi connectivity index (χ1) is 14.3. The van der Waals surface area contributed by atoms with E-state index >= 15 is 0 Å². The van der Waals surface area contributed by atoms with E-state index in [1.807, 2.05) is 4.90 Å². The molecule has 30 heavy (non-hydrogen) atoms. The van der Waals surface area contributed by atoms with E-state index in [9.17, 15) is 24.8 Å². The first-order valence-corrected chi connectivity index (χ1v) is 9.76. The SMILES string of the molecule is Cc1ccc(C(=O)NC2CC2)cc1NC(=O)c1cc(N2CC(O)C2)ccc1[N+](=O)[O-]. The lowest BCUT2D eigenvalue weighted by Gasteiger charge is -2.37. The van der Waals surface area contributed by atoms with Crippen molar-refractivity contribution in [3.8, 4) is 0 Å².